The van der Waals surface area contributed by atoms with Crippen LogP contribution in [0.3, 0.4) is 0 Å². The molecule has 0 bridgehead atoms. The second-order valence-corrected chi connectivity index (χ2v) is 11.8. The van der Waals surface area contributed by atoms with Crippen molar-refractivity contribution in [3.63, 3.8) is 0 Å². The Balaban J connectivity index is 1.03. The van der Waals surface area contributed by atoms with Gasteiger partial charge in [-0.3, -0.25) is 19.7 Å². The fourth-order valence-corrected chi connectivity index (χ4v) is 6.79. The second kappa shape index (κ2) is 11.4. The third kappa shape index (κ3) is 5.30. The molecule has 3 heterocycles. The van der Waals surface area contributed by atoms with Crippen molar-refractivity contribution in [1.29, 1.82) is 5.26 Å². The van der Waals surface area contributed by atoms with Crippen LogP contribution in [0.2, 0.25) is 0 Å². The molecular weight excluding hydrogens is 579 g/mol. The average molecular weight is 611 g/mol. The predicted molar refractivity (Wildman–Crippen MR) is 159 cm³/mol. The van der Waals surface area contributed by atoms with E-state index in [9.17, 15) is 24.0 Å². The molecule has 3 unspecified atom stereocenters. The van der Waals surface area contributed by atoms with Gasteiger partial charge in [0, 0.05) is 65.9 Å². The van der Waals surface area contributed by atoms with E-state index in [0.29, 0.717) is 39.5 Å². The third-order valence-corrected chi connectivity index (χ3v) is 9.20. The first kappa shape index (κ1) is 28.6. The summed E-state index contributed by atoms with van der Waals surface area (Å²) in [6.45, 7) is 1.03. The number of carbonyl (C=O) groups excluding carboxylic acids is 3. The molecule has 45 heavy (non-hydrogen) atoms. The summed E-state index contributed by atoms with van der Waals surface area (Å²) in [6, 6.07) is 16.9. The zero-order chi connectivity index (χ0) is 31.2. The normalized spacial score (nSPS) is 23.5. The van der Waals surface area contributed by atoms with Crippen LogP contribution in [0.4, 0.5) is 10.1 Å². The van der Waals surface area contributed by atoms with Crippen molar-refractivity contribution < 1.29 is 33.0 Å². The zero-order valence-corrected chi connectivity index (χ0v) is 24.6. The van der Waals surface area contributed by atoms with Crippen molar-refractivity contribution >= 4 is 23.4 Å². The number of nitriles is 1. The first-order chi connectivity index (χ1) is 21.8. The van der Waals surface area contributed by atoms with Crippen LogP contribution >= 0.6 is 0 Å². The monoisotopic (exact) mass is 610 g/mol. The van der Waals surface area contributed by atoms with Crippen molar-refractivity contribution in [3.05, 3.63) is 82.7 Å². The largest absolute Gasteiger partial charge is 0.495 e. The maximum Gasteiger partial charge on any atom is 0.255 e. The molecule has 10 nitrogen and oxygen atoms in total. The lowest BCUT2D eigenvalue weighted by molar-refractivity contribution is -0.136. The van der Waals surface area contributed by atoms with Crippen LogP contribution in [-0.2, 0) is 22.7 Å². The number of piperidine rings is 2. The van der Waals surface area contributed by atoms with E-state index in [1.165, 1.54) is 17.0 Å². The summed E-state index contributed by atoms with van der Waals surface area (Å²) in [4.78, 5) is 41.1. The Morgan fingerprint density at radius 2 is 1.89 bits per heavy atom. The van der Waals surface area contributed by atoms with Gasteiger partial charge in [0.15, 0.2) is 0 Å². The number of imide groups is 1. The quantitative estimate of drug-likeness (QED) is 0.379. The zero-order valence-electron chi connectivity index (χ0n) is 24.6. The SMILES string of the molecule is COc1cc(N2CCC(Oc3cc(F)ccc3COc3cccc4c3CN([C@H]3CCC(=O)NC3=O)C4=O)C3CC32)ccc1C#N. The fourth-order valence-electron chi connectivity index (χ4n) is 6.79. The highest BCUT2D eigenvalue weighted by Gasteiger charge is 2.51. The van der Waals surface area contributed by atoms with Crippen molar-refractivity contribution in [3.8, 4) is 23.3 Å². The molecule has 1 saturated carbocycles. The van der Waals surface area contributed by atoms with Gasteiger partial charge in [-0.15, -0.1) is 0 Å². The van der Waals surface area contributed by atoms with E-state index >= 15 is 0 Å². The number of halogens is 1. The number of ether oxygens (including phenoxy) is 3. The van der Waals surface area contributed by atoms with Gasteiger partial charge in [-0.2, -0.15) is 5.26 Å². The smallest absolute Gasteiger partial charge is 0.255 e. The van der Waals surface area contributed by atoms with E-state index in [0.717, 1.165) is 25.1 Å². The molecule has 3 aromatic rings. The Labute approximate surface area is 259 Å². The van der Waals surface area contributed by atoms with Crippen molar-refractivity contribution in [2.24, 2.45) is 5.92 Å². The van der Waals surface area contributed by atoms with E-state index in [-0.39, 0.29) is 55.9 Å². The molecule has 3 fully saturated rings. The molecule has 2 saturated heterocycles. The number of benzene rings is 3. The van der Waals surface area contributed by atoms with E-state index < -0.39 is 17.8 Å². The summed E-state index contributed by atoms with van der Waals surface area (Å²) in [5, 5.41) is 11.6. The number of hydrogen-bond donors (Lipinski definition) is 1. The first-order valence-corrected chi connectivity index (χ1v) is 15.0. The first-order valence-electron chi connectivity index (χ1n) is 15.0. The fraction of sp³-hybridized carbons (Fsp3) is 0.353. The summed E-state index contributed by atoms with van der Waals surface area (Å²) in [5.41, 5.74) is 3.30. The van der Waals surface area contributed by atoms with Crippen molar-refractivity contribution in [2.45, 2.75) is 57.0 Å². The summed E-state index contributed by atoms with van der Waals surface area (Å²) >= 11 is 0. The highest BCUT2D eigenvalue weighted by atomic mass is 19.1. The highest BCUT2D eigenvalue weighted by molar-refractivity contribution is 6.05. The van der Waals surface area contributed by atoms with Crippen LogP contribution in [0.5, 0.6) is 17.2 Å². The number of nitrogens with one attached hydrogen (secondary N) is 1. The topological polar surface area (TPSA) is 121 Å². The minimum absolute atomic E-state index is 0.0900. The molecule has 0 radical (unpaired) electrons. The minimum atomic E-state index is -0.718. The van der Waals surface area contributed by atoms with E-state index in [4.69, 9.17) is 14.2 Å². The molecule has 0 aromatic heterocycles. The number of amides is 3. The minimum Gasteiger partial charge on any atom is -0.495 e. The number of fused-ring (bicyclic) bond motifs is 2. The van der Waals surface area contributed by atoms with Crippen LogP contribution in [0, 0.1) is 23.1 Å². The molecule has 4 aliphatic rings. The molecule has 4 atom stereocenters. The lowest BCUT2D eigenvalue weighted by Crippen LogP contribution is -2.52. The molecule has 1 aliphatic carbocycles. The lowest BCUT2D eigenvalue weighted by atomic mass is 10.0. The highest BCUT2D eigenvalue weighted by Crippen LogP contribution is 2.47. The van der Waals surface area contributed by atoms with Crippen LogP contribution in [0.25, 0.3) is 0 Å². The van der Waals surface area contributed by atoms with Gasteiger partial charge in [-0.25, -0.2) is 4.39 Å². The molecule has 7 rings (SSSR count). The number of hydrogen-bond acceptors (Lipinski definition) is 8. The number of nitrogens with zero attached hydrogens (tertiary/aromatic N) is 3. The number of methoxy groups -OCH3 is 1. The van der Waals surface area contributed by atoms with Gasteiger partial charge in [0.1, 0.15) is 47.9 Å². The Morgan fingerprint density at radius 3 is 2.69 bits per heavy atom. The number of anilines is 1. The summed E-state index contributed by atoms with van der Waals surface area (Å²) in [6.07, 6.45) is 2.05. The van der Waals surface area contributed by atoms with Crippen molar-refractivity contribution in [1.82, 2.24) is 10.2 Å². The molecule has 3 amide bonds. The molecule has 11 heteroatoms. The Morgan fingerprint density at radius 1 is 1.02 bits per heavy atom. The Hall–Kier alpha value is -5.11. The number of carbonyl (C=O) groups is 3. The van der Waals surface area contributed by atoms with E-state index in [2.05, 4.69) is 16.3 Å². The predicted octanol–water partition coefficient (Wildman–Crippen LogP) is 4.09. The van der Waals surface area contributed by atoms with Crippen molar-refractivity contribution in [2.75, 3.05) is 18.6 Å². The standard InChI is InChI=1S/C34H31FN4O6/c1-43-30-14-22(8-6-19(30)16-36)38-12-11-29(24-15-27(24)38)45-31-13-21(35)7-5-20(31)18-44-28-4-2-3-23-25(28)17-39(34(23)42)26-9-10-32(40)37-33(26)41/h2-8,13-14,24,26-27,29H,9-12,15,17-18H2,1H3,(H,37,40,41)/t24?,26-,27?,29?/m0/s1. The maximum absolute atomic E-state index is 14.4. The van der Waals surface area contributed by atoms with Gasteiger partial charge >= 0.3 is 0 Å². The molecule has 3 aromatic carbocycles. The summed E-state index contributed by atoms with van der Waals surface area (Å²) in [5.74, 6) is 0.258. The molecular formula is C34H31FN4O6. The molecule has 1 N–H and O–H groups in total. The van der Waals surface area contributed by atoms with Gasteiger partial charge in [-0.1, -0.05) is 6.07 Å². The van der Waals surface area contributed by atoms with Gasteiger partial charge in [0.2, 0.25) is 11.8 Å². The maximum atomic E-state index is 14.4. The molecule has 0 spiro atoms. The molecule has 230 valence electrons. The molecule has 3 aliphatic heterocycles. The second-order valence-electron chi connectivity index (χ2n) is 11.8. The Bertz CT molecular complexity index is 1750. The van der Waals surface area contributed by atoms with Crippen LogP contribution < -0.4 is 24.4 Å². The van der Waals surface area contributed by atoms with E-state index in [1.54, 1.807) is 37.4 Å². The van der Waals surface area contributed by atoms with Gasteiger partial charge < -0.3 is 24.0 Å². The van der Waals surface area contributed by atoms with Crippen LogP contribution in [0.15, 0.2) is 54.6 Å². The lowest BCUT2D eigenvalue weighted by Gasteiger charge is -2.34. The number of rotatable bonds is 8. The summed E-state index contributed by atoms with van der Waals surface area (Å²) < 4.78 is 32.5. The van der Waals surface area contributed by atoms with Gasteiger partial charge in [-0.05, 0) is 49.2 Å². The van der Waals surface area contributed by atoms with E-state index in [1.807, 2.05) is 12.1 Å². The average Bonchev–Trinajstić information content (AvgIpc) is 3.78. The van der Waals surface area contributed by atoms with Gasteiger partial charge in [0.05, 0.1) is 19.2 Å². The summed E-state index contributed by atoms with van der Waals surface area (Å²) in [7, 11) is 1.56. The third-order valence-electron chi connectivity index (χ3n) is 9.20. The van der Waals surface area contributed by atoms with Gasteiger partial charge in [0.25, 0.3) is 5.91 Å². The van der Waals surface area contributed by atoms with Crippen LogP contribution in [-0.4, -0.2) is 54.5 Å². The Kier molecular flexibility index (Phi) is 7.28. The van der Waals surface area contributed by atoms with Crippen LogP contribution in [0.1, 0.15) is 52.7 Å².